The number of hydrogen-bond acceptors (Lipinski definition) is 5. The molecule has 1 aromatic heterocycles. The summed E-state index contributed by atoms with van der Waals surface area (Å²) < 4.78 is 30.2. The highest BCUT2D eigenvalue weighted by atomic mass is 32.2. The Morgan fingerprint density at radius 2 is 1.88 bits per heavy atom. The van der Waals surface area contributed by atoms with Crippen LogP contribution in [-0.2, 0) is 17.1 Å². The zero-order valence-electron chi connectivity index (χ0n) is 14.1. The minimum absolute atomic E-state index is 0.283. The van der Waals surface area contributed by atoms with Gasteiger partial charge in [-0.3, -0.25) is 4.72 Å². The van der Waals surface area contributed by atoms with E-state index in [-0.39, 0.29) is 4.90 Å². The van der Waals surface area contributed by atoms with Crippen LogP contribution in [0.3, 0.4) is 0 Å². The van der Waals surface area contributed by atoms with E-state index in [1.54, 1.807) is 36.0 Å². The van der Waals surface area contributed by atoms with E-state index >= 15 is 0 Å². The summed E-state index contributed by atoms with van der Waals surface area (Å²) in [6.45, 7) is 3.66. The third kappa shape index (κ3) is 3.85. The molecule has 0 spiro atoms. The summed E-state index contributed by atoms with van der Waals surface area (Å²) in [5, 5.41) is 8.55. The van der Waals surface area contributed by atoms with E-state index in [0.717, 1.165) is 10.5 Å². The lowest BCUT2D eigenvalue weighted by Crippen LogP contribution is -2.15. The Morgan fingerprint density at radius 1 is 1.12 bits per heavy atom. The van der Waals surface area contributed by atoms with E-state index in [0.29, 0.717) is 16.4 Å². The standard InChI is InChI=1S/C17H18N4O2S2/c1-12-8-9-13(2)16(10-12)25(22,23)20-14-6-4-5-7-15(14)24-17-19-18-11-21(17)3/h4-11,20H,1-3H3. The molecule has 25 heavy (non-hydrogen) atoms. The maximum atomic E-state index is 12.8. The van der Waals surface area contributed by atoms with Gasteiger partial charge in [0.05, 0.1) is 10.6 Å². The van der Waals surface area contributed by atoms with E-state index < -0.39 is 10.0 Å². The number of para-hydroxylation sites is 1. The molecule has 130 valence electrons. The molecule has 0 atom stereocenters. The predicted octanol–water partition coefficient (Wildman–Crippen LogP) is 3.38. The average Bonchev–Trinajstić information content (AvgIpc) is 2.96. The van der Waals surface area contributed by atoms with E-state index in [9.17, 15) is 8.42 Å². The lowest BCUT2D eigenvalue weighted by Gasteiger charge is -2.14. The van der Waals surface area contributed by atoms with Gasteiger partial charge in [-0.15, -0.1) is 10.2 Å². The molecule has 0 saturated heterocycles. The maximum absolute atomic E-state index is 12.8. The van der Waals surface area contributed by atoms with Crippen molar-refractivity contribution in [2.24, 2.45) is 7.05 Å². The number of aryl methyl sites for hydroxylation is 3. The van der Waals surface area contributed by atoms with Crippen molar-refractivity contribution in [3.05, 3.63) is 59.9 Å². The molecule has 0 bridgehead atoms. The maximum Gasteiger partial charge on any atom is 0.262 e. The molecule has 8 heteroatoms. The van der Waals surface area contributed by atoms with Gasteiger partial charge in [0.1, 0.15) is 6.33 Å². The quantitative estimate of drug-likeness (QED) is 0.741. The lowest BCUT2D eigenvalue weighted by molar-refractivity contribution is 0.600. The Balaban J connectivity index is 1.95. The van der Waals surface area contributed by atoms with E-state index in [4.69, 9.17) is 0 Å². The van der Waals surface area contributed by atoms with Crippen molar-refractivity contribution in [2.75, 3.05) is 4.72 Å². The van der Waals surface area contributed by atoms with Crippen LogP contribution in [0.15, 0.2) is 63.7 Å². The highest BCUT2D eigenvalue weighted by molar-refractivity contribution is 7.99. The Morgan fingerprint density at radius 3 is 2.60 bits per heavy atom. The molecule has 1 heterocycles. The predicted molar refractivity (Wildman–Crippen MR) is 98.3 cm³/mol. The van der Waals surface area contributed by atoms with Crippen molar-refractivity contribution in [1.29, 1.82) is 0 Å². The minimum atomic E-state index is -3.68. The first kappa shape index (κ1) is 17.5. The van der Waals surface area contributed by atoms with Gasteiger partial charge in [-0.1, -0.05) is 24.3 Å². The van der Waals surface area contributed by atoms with Gasteiger partial charge >= 0.3 is 0 Å². The molecule has 3 rings (SSSR count). The lowest BCUT2D eigenvalue weighted by atomic mass is 10.2. The van der Waals surface area contributed by atoms with Crippen molar-refractivity contribution in [1.82, 2.24) is 14.8 Å². The van der Waals surface area contributed by atoms with Gasteiger partial charge in [0, 0.05) is 11.9 Å². The topological polar surface area (TPSA) is 76.9 Å². The number of hydrogen-bond donors (Lipinski definition) is 1. The summed E-state index contributed by atoms with van der Waals surface area (Å²) in [5.74, 6) is 0. The summed E-state index contributed by atoms with van der Waals surface area (Å²) >= 11 is 1.35. The monoisotopic (exact) mass is 374 g/mol. The van der Waals surface area contributed by atoms with Crippen LogP contribution in [0, 0.1) is 13.8 Å². The normalized spacial score (nSPS) is 11.5. The second-order valence-electron chi connectivity index (χ2n) is 5.70. The molecular weight excluding hydrogens is 356 g/mol. The van der Waals surface area contributed by atoms with Crippen molar-refractivity contribution in [3.63, 3.8) is 0 Å². The molecule has 2 aromatic carbocycles. The number of nitrogens with one attached hydrogen (secondary N) is 1. The highest BCUT2D eigenvalue weighted by Crippen LogP contribution is 2.33. The van der Waals surface area contributed by atoms with Crippen LogP contribution in [0.2, 0.25) is 0 Å². The molecule has 1 N–H and O–H groups in total. The second kappa shape index (κ2) is 6.89. The highest BCUT2D eigenvalue weighted by Gasteiger charge is 2.19. The number of benzene rings is 2. The molecule has 6 nitrogen and oxygen atoms in total. The smallest absolute Gasteiger partial charge is 0.262 e. The third-order valence-electron chi connectivity index (χ3n) is 3.64. The molecule has 0 unspecified atom stereocenters. The largest absolute Gasteiger partial charge is 0.311 e. The van der Waals surface area contributed by atoms with Crippen LogP contribution in [0.1, 0.15) is 11.1 Å². The summed E-state index contributed by atoms with van der Waals surface area (Å²) in [6.07, 6.45) is 1.60. The Bertz CT molecular complexity index is 1010. The first-order chi connectivity index (χ1) is 11.9. The van der Waals surface area contributed by atoms with Gasteiger partial charge in [-0.25, -0.2) is 8.42 Å². The fourth-order valence-electron chi connectivity index (χ4n) is 2.30. The van der Waals surface area contributed by atoms with Gasteiger partial charge in [0.15, 0.2) is 5.16 Å². The first-order valence-electron chi connectivity index (χ1n) is 7.58. The van der Waals surface area contributed by atoms with Crippen molar-refractivity contribution >= 4 is 27.5 Å². The Labute approximate surface area is 151 Å². The zero-order chi connectivity index (χ0) is 18.0. The number of nitrogens with zero attached hydrogens (tertiary/aromatic N) is 3. The molecule has 0 amide bonds. The second-order valence-corrected chi connectivity index (χ2v) is 8.36. The minimum Gasteiger partial charge on any atom is -0.311 e. The number of rotatable bonds is 5. The molecule has 0 aliphatic carbocycles. The van der Waals surface area contributed by atoms with Gasteiger partial charge in [0.25, 0.3) is 10.0 Å². The average molecular weight is 374 g/mol. The summed E-state index contributed by atoms with van der Waals surface area (Å²) in [6, 6.07) is 12.6. The summed E-state index contributed by atoms with van der Waals surface area (Å²) in [5.41, 5.74) is 2.11. The Hall–Kier alpha value is -2.32. The van der Waals surface area contributed by atoms with Crippen molar-refractivity contribution < 1.29 is 8.42 Å². The van der Waals surface area contributed by atoms with E-state index in [2.05, 4.69) is 14.9 Å². The third-order valence-corrected chi connectivity index (χ3v) is 6.27. The molecule has 0 radical (unpaired) electrons. The van der Waals surface area contributed by atoms with Gasteiger partial charge in [-0.2, -0.15) is 0 Å². The first-order valence-corrected chi connectivity index (χ1v) is 9.88. The summed E-state index contributed by atoms with van der Waals surface area (Å²) in [4.78, 5) is 1.04. The summed E-state index contributed by atoms with van der Waals surface area (Å²) in [7, 11) is -1.85. The molecule has 0 fully saturated rings. The fourth-order valence-corrected chi connectivity index (χ4v) is 4.63. The van der Waals surface area contributed by atoms with Gasteiger partial charge in [0.2, 0.25) is 0 Å². The van der Waals surface area contributed by atoms with Gasteiger partial charge < -0.3 is 4.57 Å². The SMILES string of the molecule is Cc1ccc(C)c(S(=O)(=O)Nc2ccccc2Sc2nncn2C)c1. The molecule has 0 aliphatic heterocycles. The van der Waals surface area contributed by atoms with Crippen LogP contribution in [-0.4, -0.2) is 23.2 Å². The fraction of sp³-hybridized carbons (Fsp3) is 0.176. The molecular formula is C17H18N4O2S2. The number of sulfonamides is 1. The number of aromatic nitrogens is 3. The van der Waals surface area contributed by atoms with Crippen molar-refractivity contribution in [3.8, 4) is 0 Å². The molecule has 3 aromatic rings. The van der Waals surface area contributed by atoms with Crippen LogP contribution >= 0.6 is 11.8 Å². The van der Waals surface area contributed by atoms with Gasteiger partial charge in [-0.05, 0) is 54.9 Å². The Kier molecular flexibility index (Phi) is 4.82. The molecule has 0 aliphatic rings. The van der Waals surface area contributed by atoms with Crippen molar-refractivity contribution in [2.45, 2.75) is 28.8 Å². The van der Waals surface area contributed by atoms with Crippen LogP contribution in [0.4, 0.5) is 5.69 Å². The zero-order valence-corrected chi connectivity index (χ0v) is 15.7. The van der Waals surface area contributed by atoms with Crippen LogP contribution < -0.4 is 4.72 Å². The molecule has 0 saturated carbocycles. The number of anilines is 1. The van der Waals surface area contributed by atoms with Crippen LogP contribution in [0.25, 0.3) is 0 Å². The van der Waals surface area contributed by atoms with E-state index in [1.165, 1.54) is 11.8 Å². The van der Waals surface area contributed by atoms with E-state index in [1.807, 2.05) is 38.2 Å². The van der Waals surface area contributed by atoms with Crippen LogP contribution in [0.5, 0.6) is 0 Å².